The predicted octanol–water partition coefficient (Wildman–Crippen LogP) is 4.23. The van der Waals surface area contributed by atoms with Gasteiger partial charge in [0.05, 0.1) is 6.04 Å². The molecule has 0 saturated carbocycles. The number of para-hydroxylation sites is 1. The SMILES string of the molecule is Cc1c(C(=O)NC(C)c2ccccc2)oc2ccccc12. The number of rotatable bonds is 3. The molecule has 106 valence electrons. The highest BCUT2D eigenvalue weighted by molar-refractivity contribution is 5.99. The molecule has 0 fully saturated rings. The minimum absolute atomic E-state index is 0.0636. The molecule has 1 aromatic heterocycles. The molecule has 3 aromatic rings. The van der Waals surface area contributed by atoms with Crippen molar-refractivity contribution < 1.29 is 9.21 Å². The molecule has 2 aromatic carbocycles. The number of hydrogen-bond donors (Lipinski definition) is 1. The second-order valence-electron chi connectivity index (χ2n) is 5.16. The zero-order valence-corrected chi connectivity index (χ0v) is 12.1. The summed E-state index contributed by atoms with van der Waals surface area (Å²) in [7, 11) is 0. The monoisotopic (exact) mass is 279 g/mol. The van der Waals surface area contributed by atoms with Gasteiger partial charge in [0.25, 0.3) is 5.91 Å². The number of carbonyl (C=O) groups excluding carboxylic acids is 1. The standard InChI is InChI=1S/C18H17NO2/c1-12-15-10-6-7-11-16(15)21-17(12)18(20)19-13(2)14-8-4-3-5-9-14/h3-11,13H,1-2H3,(H,19,20). The Balaban J connectivity index is 1.86. The summed E-state index contributed by atoms with van der Waals surface area (Å²) in [6, 6.07) is 17.5. The summed E-state index contributed by atoms with van der Waals surface area (Å²) in [4.78, 5) is 12.4. The van der Waals surface area contributed by atoms with Crippen molar-refractivity contribution in [2.24, 2.45) is 0 Å². The van der Waals surface area contributed by atoms with Crippen molar-refractivity contribution in [2.75, 3.05) is 0 Å². The second-order valence-corrected chi connectivity index (χ2v) is 5.16. The van der Waals surface area contributed by atoms with Gasteiger partial charge in [-0.2, -0.15) is 0 Å². The number of nitrogens with one attached hydrogen (secondary N) is 1. The summed E-state index contributed by atoms with van der Waals surface area (Å²) in [5, 5.41) is 3.96. The molecule has 3 heteroatoms. The summed E-state index contributed by atoms with van der Waals surface area (Å²) in [5.74, 6) is 0.207. The number of aryl methyl sites for hydroxylation is 1. The van der Waals surface area contributed by atoms with Crippen LogP contribution in [0.15, 0.2) is 59.0 Å². The minimum atomic E-state index is -0.181. The van der Waals surface area contributed by atoms with Gasteiger partial charge in [-0.25, -0.2) is 0 Å². The first-order valence-corrected chi connectivity index (χ1v) is 7.01. The van der Waals surface area contributed by atoms with Crippen LogP contribution in [0.25, 0.3) is 11.0 Å². The Morgan fingerprint density at radius 2 is 1.71 bits per heavy atom. The van der Waals surface area contributed by atoms with Gasteiger partial charge in [-0.15, -0.1) is 0 Å². The summed E-state index contributed by atoms with van der Waals surface area (Å²) < 4.78 is 5.69. The maximum atomic E-state index is 12.4. The van der Waals surface area contributed by atoms with E-state index in [0.29, 0.717) is 5.76 Å². The first-order chi connectivity index (χ1) is 10.2. The molecule has 1 heterocycles. The van der Waals surface area contributed by atoms with E-state index < -0.39 is 0 Å². The molecular weight excluding hydrogens is 262 g/mol. The number of benzene rings is 2. The Morgan fingerprint density at radius 1 is 1.05 bits per heavy atom. The maximum absolute atomic E-state index is 12.4. The summed E-state index contributed by atoms with van der Waals surface area (Å²) in [5.41, 5.74) is 2.69. The third kappa shape index (κ3) is 2.55. The molecule has 1 unspecified atom stereocenters. The third-order valence-electron chi connectivity index (χ3n) is 3.70. The van der Waals surface area contributed by atoms with Crippen LogP contribution >= 0.6 is 0 Å². The number of fused-ring (bicyclic) bond motifs is 1. The molecule has 0 aliphatic heterocycles. The molecular formula is C18H17NO2. The van der Waals surface area contributed by atoms with Crippen LogP contribution < -0.4 is 5.32 Å². The zero-order chi connectivity index (χ0) is 14.8. The highest BCUT2D eigenvalue weighted by Crippen LogP contribution is 2.25. The molecule has 1 amide bonds. The fourth-order valence-corrected chi connectivity index (χ4v) is 2.48. The molecule has 3 rings (SSSR count). The van der Waals surface area contributed by atoms with Crippen molar-refractivity contribution in [2.45, 2.75) is 19.9 Å². The van der Waals surface area contributed by atoms with E-state index >= 15 is 0 Å². The van der Waals surface area contributed by atoms with Crippen LogP contribution in [0.5, 0.6) is 0 Å². The molecule has 0 aliphatic rings. The lowest BCUT2D eigenvalue weighted by Crippen LogP contribution is -2.26. The lowest BCUT2D eigenvalue weighted by molar-refractivity contribution is 0.0913. The van der Waals surface area contributed by atoms with Crippen LogP contribution in [-0.4, -0.2) is 5.91 Å². The van der Waals surface area contributed by atoms with E-state index in [1.807, 2.05) is 68.4 Å². The average molecular weight is 279 g/mol. The highest BCUT2D eigenvalue weighted by atomic mass is 16.3. The van der Waals surface area contributed by atoms with Crippen LogP contribution in [0.3, 0.4) is 0 Å². The van der Waals surface area contributed by atoms with Gasteiger partial charge in [0, 0.05) is 10.9 Å². The Bertz CT molecular complexity index is 774. The van der Waals surface area contributed by atoms with E-state index in [1.165, 1.54) is 0 Å². The first kappa shape index (κ1) is 13.4. The Morgan fingerprint density at radius 3 is 2.43 bits per heavy atom. The number of furan rings is 1. The fourth-order valence-electron chi connectivity index (χ4n) is 2.48. The second kappa shape index (κ2) is 5.44. The van der Waals surface area contributed by atoms with Gasteiger partial charge in [0.15, 0.2) is 5.76 Å². The summed E-state index contributed by atoms with van der Waals surface area (Å²) >= 11 is 0. The van der Waals surface area contributed by atoms with Gasteiger partial charge >= 0.3 is 0 Å². The molecule has 1 atom stereocenters. The lowest BCUT2D eigenvalue weighted by Gasteiger charge is -2.13. The molecule has 21 heavy (non-hydrogen) atoms. The van der Waals surface area contributed by atoms with Gasteiger partial charge in [-0.1, -0.05) is 48.5 Å². The van der Waals surface area contributed by atoms with E-state index in [-0.39, 0.29) is 11.9 Å². The van der Waals surface area contributed by atoms with Crippen LogP contribution in [-0.2, 0) is 0 Å². The van der Waals surface area contributed by atoms with E-state index in [9.17, 15) is 4.79 Å². The van der Waals surface area contributed by atoms with Gasteiger partial charge in [-0.3, -0.25) is 4.79 Å². The van der Waals surface area contributed by atoms with Crippen molar-refractivity contribution in [1.29, 1.82) is 0 Å². The average Bonchev–Trinajstić information content (AvgIpc) is 2.86. The largest absolute Gasteiger partial charge is 0.451 e. The number of hydrogen-bond acceptors (Lipinski definition) is 2. The van der Waals surface area contributed by atoms with Crippen LogP contribution in [0, 0.1) is 6.92 Å². The van der Waals surface area contributed by atoms with Crippen LogP contribution in [0.2, 0.25) is 0 Å². The quantitative estimate of drug-likeness (QED) is 0.779. The van der Waals surface area contributed by atoms with Crippen molar-refractivity contribution >= 4 is 16.9 Å². The third-order valence-corrected chi connectivity index (χ3v) is 3.70. The fraction of sp³-hybridized carbons (Fsp3) is 0.167. The number of amides is 1. The molecule has 0 aliphatic carbocycles. The summed E-state index contributed by atoms with van der Waals surface area (Å²) in [6.07, 6.45) is 0. The van der Waals surface area contributed by atoms with Crippen molar-refractivity contribution in [3.63, 3.8) is 0 Å². The van der Waals surface area contributed by atoms with Gasteiger partial charge in [-0.05, 0) is 25.5 Å². The summed E-state index contributed by atoms with van der Waals surface area (Å²) in [6.45, 7) is 3.87. The number of carbonyl (C=O) groups is 1. The molecule has 3 nitrogen and oxygen atoms in total. The molecule has 0 bridgehead atoms. The highest BCUT2D eigenvalue weighted by Gasteiger charge is 2.19. The van der Waals surface area contributed by atoms with Crippen LogP contribution in [0.4, 0.5) is 0 Å². The Hall–Kier alpha value is -2.55. The Kier molecular flexibility index (Phi) is 3.48. The van der Waals surface area contributed by atoms with E-state index in [1.54, 1.807) is 0 Å². The van der Waals surface area contributed by atoms with Gasteiger partial charge in [0.2, 0.25) is 0 Å². The van der Waals surface area contributed by atoms with Crippen molar-refractivity contribution in [1.82, 2.24) is 5.32 Å². The molecule has 0 saturated heterocycles. The normalized spacial score (nSPS) is 12.3. The van der Waals surface area contributed by atoms with Gasteiger partial charge in [0.1, 0.15) is 5.58 Å². The molecule has 0 spiro atoms. The topological polar surface area (TPSA) is 42.2 Å². The van der Waals surface area contributed by atoms with Crippen LogP contribution in [0.1, 0.15) is 34.6 Å². The Labute approximate surface area is 123 Å². The van der Waals surface area contributed by atoms with E-state index in [0.717, 1.165) is 22.1 Å². The lowest BCUT2D eigenvalue weighted by atomic mass is 10.1. The van der Waals surface area contributed by atoms with E-state index in [2.05, 4.69) is 5.32 Å². The van der Waals surface area contributed by atoms with E-state index in [4.69, 9.17) is 4.42 Å². The predicted molar refractivity (Wildman–Crippen MR) is 83.3 cm³/mol. The van der Waals surface area contributed by atoms with Crippen molar-refractivity contribution in [3.8, 4) is 0 Å². The maximum Gasteiger partial charge on any atom is 0.287 e. The minimum Gasteiger partial charge on any atom is -0.451 e. The molecule has 1 N–H and O–H groups in total. The van der Waals surface area contributed by atoms with Gasteiger partial charge < -0.3 is 9.73 Å². The smallest absolute Gasteiger partial charge is 0.287 e. The van der Waals surface area contributed by atoms with Crippen molar-refractivity contribution in [3.05, 3.63) is 71.5 Å². The zero-order valence-electron chi connectivity index (χ0n) is 12.1. The molecule has 0 radical (unpaired) electrons. The first-order valence-electron chi connectivity index (χ1n) is 7.01.